The van der Waals surface area contributed by atoms with Crippen LogP contribution in [-0.4, -0.2) is 32.1 Å². The highest BCUT2D eigenvalue weighted by Crippen LogP contribution is 2.42. The minimum absolute atomic E-state index is 0.0653. The van der Waals surface area contributed by atoms with Gasteiger partial charge in [-0.25, -0.2) is 0 Å². The van der Waals surface area contributed by atoms with E-state index in [0.717, 1.165) is 15.4 Å². The normalized spacial score (nSPS) is 13.0. The Labute approximate surface area is 202 Å². The van der Waals surface area contributed by atoms with Crippen molar-refractivity contribution in [1.82, 2.24) is 5.32 Å². The second kappa shape index (κ2) is 11.0. The summed E-state index contributed by atoms with van der Waals surface area (Å²) in [5, 5.41) is 5.87. The zero-order chi connectivity index (χ0) is 23.9. The van der Waals surface area contributed by atoms with E-state index in [9.17, 15) is 9.59 Å². The Balaban J connectivity index is 1.56. The first-order valence-corrected chi connectivity index (χ1v) is 11.7. The average Bonchev–Trinajstić information content (AvgIpc) is 2.84. The maximum absolute atomic E-state index is 13.1. The van der Waals surface area contributed by atoms with Crippen LogP contribution in [0.4, 0.5) is 5.69 Å². The Morgan fingerprint density at radius 1 is 1.00 bits per heavy atom. The Hall–Kier alpha value is -3.65. The number of benzene rings is 3. The van der Waals surface area contributed by atoms with Gasteiger partial charge in [-0.3, -0.25) is 9.59 Å². The van der Waals surface area contributed by atoms with Crippen molar-refractivity contribution in [1.29, 1.82) is 0 Å². The molecule has 0 spiro atoms. The van der Waals surface area contributed by atoms with Gasteiger partial charge in [-0.1, -0.05) is 42.1 Å². The summed E-state index contributed by atoms with van der Waals surface area (Å²) in [6.07, 6.45) is 0.0653. The van der Waals surface area contributed by atoms with E-state index in [4.69, 9.17) is 14.2 Å². The molecule has 0 radical (unpaired) electrons. The zero-order valence-corrected chi connectivity index (χ0v) is 19.8. The molecule has 1 atom stereocenters. The largest absolute Gasteiger partial charge is 0.497 e. The van der Waals surface area contributed by atoms with E-state index in [1.165, 1.54) is 18.7 Å². The number of methoxy groups -OCH3 is 1. The lowest BCUT2D eigenvalue weighted by molar-refractivity contribution is -0.120. The van der Waals surface area contributed by atoms with Crippen molar-refractivity contribution in [2.24, 2.45) is 0 Å². The molecule has 0 saturated carbocycles. The van der Waals surface area contributed by atoms with Crippen molar-refractivity contribution in [2.45, 2.75) is 29.2 Å². The van der Waals surface area contributed by atoms with Crippen LogP contribution in [0.25, 0.3) is 0 Å². The van der Waals surface area contributed by atoms with Crippen LogP contribution in [0.1, 0.15) is 24.9 Å². The highest BCUT2D eigenvalue weighted by molar-refractivity contribution is 7.99. The summed E-state index contributed by atoms with van der Waals surface area (Å²) < 4.78 is 16.7. The minimum atomic E-state index is -0.481. The molecule has 3 aromatic rings. The molecular weight excluding hydrogens is 452 g/mol. The van der Waals surface area contributed by atoms with Gasteiger partial charge in [-0.05, 0) is 29.8 Å². The number of carbonyl (C=O) groups excluding carboxylic acids is 2. The number of fused-ring (bicyclic) bond motifs is 1. The molecule has 1 unspecified atom stereocenters. The molecule has 8 heteroatoms. The molecule has 0 bridgehead atoms. The van der Waals surface area contributed by atoms with Crippen molar-refractivity contribution in [3.8, 4) is 17.2 Å². The summed E-state index contributed by atoms with van der Waals surface area (Å²) in [4.78, 5) is 26.8. The topological polar surface area (TPSA) is 85.9 Å². The number of anilines is 1. The predicted octanol–water partition coefficient (Wildman–Crippen LogP) is 4.82. The Bertz CT molecular complexity index is 1150. The molecule has 0 saturated heterocycles. The van der Waals surface area contributed by atoms with Crippen LogP contribution in [0.5, 0.6) is 17.2 Å². The summed E-state index contributed by atoms with van der Waals surface area (Å²) in [6, 6.07) is 20.4. The SMILES string of the molecule is COc1ccc(C(CC(=O)Nc2cc3c(cc2Sc2ccccc2)OCCO3)NC(C)=O)cc1. The van der Waals surface area contributed by atoms with Crippen LogP contribution in [-0.2, 0) is 9.59 Å². The highest BCUT2D eigenvalue weighted by Gasteiger charge is 2.21. The van der Waals surface area contributed by atoms with Gasteiger partial charge in [0.1, 0.15) is 19.0 Å². The van der Waals surface area contributed by atoms with E-state index in [2.05, 4.69) is 10.6 Å². The summed E-state index contributed by atoms with van der Waals surface area (Å²) in [5.41, 5.74) is 1.44. The fraction of sp³-hybridized carbons (Fsp3) is 0.231. The number of carbonyl (C=O) groups is 2. The fourth-order valence-electron chi connectivity index (χ4n) is 3.59. The quantitative estimate of drug-likeness (QED) is 0.483. The Morgan fingerprint density at radius 3 is 2.32 bits per heavy atom. The van der Waals surface area contributed by atoms with Crippen LogP contribution in [0.2, 0.25) is 0 Å². The Morgan fingerprint density at radius 2 is 1.68 bits per heavy atom. The average molecular weight is 479 g/mol. The fourth-order valence-corrected chi connectivity index (χ4v) is 4.52. The lowest BCUT2D eigenvalue weighted by Gasteiger charge is -2.22. The Kier molecular flexibility index (Phi) is 7.59. The molecule has 3 aromatic carbocycles. The van der Waals surface area contributed by atoms with Crippen LogP contribution in [0.3, 0.4) is 0 Å². The number of amides is 2. The van der Waals surface area contributed by atoms with Crippen LogP contribution >= 0.6 is 11.8 Å². The van der Waals surface area contributed by atoms with E-state index in [1.54, 1.807) is 25.3 Å². The molecule has 1 aliphatic rings. The first kappa shape index (κ1) is 23.5. The molecule has 1 heterocycles. The summed E-state index contributed by atoms with van der Waals surface area (Å²) in [5.74, 6) is 1.49. The van der Waals surface area contributed by atoms with Crippen LogP contribution in [0, 0.1) is 0 Å². The maximum Gasteiger partial charge on any atom is 0.226 e. The van der Waals surface area contributed by atoms with E-state index in [1.807, 2.05) is 48.5 Å². The molecule has 0 fully saturated rings. The van der Waals surface area contributed by atoms with Gasteiger partial charge in [0, 0.05) is 28.8 Å². The monoisotopic (exact) mass is 478 g/mol. The molecular formula is C26H26N2O5S. The maximum atomic E-state index is 13.1. The van der Waals surface area contributed by atoms with Gasteiger partial charge in [-0.15, -0.1) is 0 Å². The van der Waals surface area contributed by atoms with E-state index < -0.39 is 6.04 Å². The number of rotatable bonds is 8. The van der Waals surface area contributed by atoms with Gasteiger partial charge in [-0.2, -0.15) is 0 Å². The van der Waals surface area contributed by atoms with E-state index in [-0.39, 0.29) is 18.2 Å². The molecule has 2 N–H and O–H groups in total. The molecule has 34 heavy (non-hydrogen) atoms. The third kappa shape index (κ3) is 6.02. The number of hydrogen-bond acceptors (Lipinski definition) is 6. The lowest BCUT2D eigenvalue weighted by Crippen LogP contribution is -2.29. The van der Waals surface area contributed by atoms with Gasteiger partial charge in [0.05, 0.1) is 25.3 Å². The molecule has 2 amide bonds. The first-order valence-electron chi connectivity index (χ1n) is 10.9. The van der Waals surface area contributed by atoms with E-state index in [0.29, 0.717) is 36.1 Å². The minimum Gasteiger partial charge on any atom is -0.497 e. The molecule has 7 nitrogen and oxygen atoms in total. The number of nitrogens with one attached hydrogen (secondary N) is 2. The molecule has 1 aliphatic heterocycles. The zero-order valence-electron chi connectivity index (χ0n) is 19.0. The lowest BCUT2D eigenvalue weighted by atomic mass is 10.0. The summed E-state index contributed by atoms with van der Waals surface area (Å²) in [7, 11) is 1.59. The smallest absolute Gasteiger partial charge is 0.226 e. The van der Waals surface area contributed by atoms with Crippen molar-refractivity contribution in [2.75, 3.05) is 25.6 Å². The van der Waals surface area contributed by atoms with Gasteiger partial charge in [0.25, 0.3) is 0 Å². The molecule has 4 rings (SSSR count). The summed E-state index contributed by atoms with van der Waals surface area (Å²) >= 11 is 1.53. The standard InChI is InChI=1S/C26H26N2O5S/c1-17(29)27-21(18-8-10-19(31-2)11-9-18)15-26(30)28-22-14-23-24(33-13-12-32-23)16-25(22)34-20-6-4-3-5-7-20/h3-11,14,16,21H,12-13,15H2,1-2H3,(H,27,29)(H,28,30). The van der Waals surface area contributed by atoms with Crippen LogP contribution in [0.15, 0.2) is 76.5 Å². The molecule has 176 valence electrons. The van der Waals surface area contributed by atoms with Gasteiger partial charge in [0.2, 0.25) is 11.8 Å². The summed E-state index contributed by atoms with van der Waals surface area (Å²) in [6.45, 7) is 2.37. The van der Waals surface area contributed by atoms with Gasteiger partial charge < -0.3 is 24.8 Å². The van der Waals surface area contributed by atoms with Crippen molar-refractivity contribution >= 4 is 29.3 Å². The first-order chi connectivity index (χ1) is 16.5. The molecule has 0 aromatic heterocycles. The third-order valence-corrected chi connectivity index (χ3v) is 6.24. The number of ether oxygens (including phenoxy) is 3. The van der Waals surface area contributed by atoms with Crippen molar-refractivity contribution in [3.63, 3.8) is 0 Å². The predicted molar refractivity (Wildman–Crippen MR) is 131 cm³/mol. The molecule has 0 aliphatic carbocycles. The second-order valence-corrected chi connectivity index (χ2v) is 8.80. The highest BCUT2D eigenvalue weighted by atomic mass is 32.2. The van der Waals surface area contributed by atoms with Crippen molar-refractivity contribution in [3.05, 3.63) is 72.3 Å². The van der Waals surface area contributed by atoms with Crippen molar-refractivity contribution < 1.29 is 23.8 Å². The van der Waals surface area contributed by atoms with E-state index >= 15 is 0 Å². The van der Waals surface area contributed by atoms with Gasteiger partial charge in [0.15, 0.2) is 11.5 Å². The van der Waals surface area contributed by atoms with Crippen LogP contribution < -0.4 is 24.8 Å². The second-order valence-electron chi connectivity index (χ2n) is 7.69. The van der Waals surface area contributed by atoms with Gasteiger partial charge >= 0.3 is 0 Å². The number of hydrogen-bond donors (Lipinski definition) is 2. The third-order valence-electron chi connectivity index (χ3n) is 5.17.